The molecule has 1 fully saturated rings. The highest BCUT2D eigenvalue weighted by molar-refractivity contribution is 6.30. The Hall–Kier alpha value is -1.75. The molecule has 0 aliphatic carbocycles. The maximum absolute atomic E-state index is 12.8. The van der Waals surface area contributed by atoms with Gasteiger partial charge in [-0.25, -0.2) is 0 Å². The molecule has 3 rings (SSSR count). The maximum Gasteiger partial charge on any atom is 0.266 e. The lowest BCUT2D eigenvalue weighted by Crippen LogP contribution is -2.45. The quantitative estimate of drug-likeness (QED) is 0.830. The van der Waals surface area contributed by atoms with Crippen molar-refractivity contribution in [1.29, 1.82) is 0 Å². The van der Waals surface area contributed by atoms with Gasteiger partial charge in [0.1, 0.15) is 5.75 Å². The molecule has 0 radical (unpaired) electrons. The second kappa shape index (κ2) is 9.66. The lowest BCUT2D eigenvalue weighted by Gasteiger charge is -2.26. The summed E-state index contributed by atoms with van der Waals surface area (Å²) in [7, 11) is 0. The summed E-state index contributed by atoms with van der Waals surface area (Å²) < 4.78 is 5.97. The molecule has 0 spiro atoms. The zero-order valence-electron chi connectivity index (χ0n) is 13.8. The molecule has 0 saturated carbocycles. The molecule has 1 saturated heterocycles. The van der Waals surface area contributed by atoms with Crippen LogP contribution in [-0.4, -0.2) is 25.0 Å². The fourth-order valence-electron chi connectivity index (χ4n) is 2.79. The van der Waals surface area contributed by atoms with E-state index in [0.29, 0.717) is 10.8 Å². The Kier molecular flexibility index (Phi) is 7.56. The van der Waals surface area contributed by atoms with E-state index in [2.05, 4.69) is 10.6 Å². The van der Waals surface area contributed by atoms with E-state index in [-0.39, 0.29) is 24.4 Å². The van der Waals surface area contributed by atoms with Gasteiger partial charge in [0.05, 0.1) is 0 Å². The summed E-state index contributed by atoms with van der Waals surface area (Å²) in [5.74, 6) is 0.511. The maximum atomic E-state index is 12.8. The predicted octanol–water partition coefficient (Wildman–Crippen LogP) is 3.75. The molecule has 0 bridgehead atoms. The van der Waals surface area contributed by atoms with Crippen molar-refractivity contribution < 1.29 is 9.53 Å². The van der Waals surface area contributed by atoms with E-state index in [9.17, 15) is 4.79 Å². The highest BCUT2D eigenvalue weighted by Crippen LogP contribution is 2.24. The zero-order chi connectivity index (χ0) is 16.8. The van der Waals surface area contributed by atoms with Crippen LogP contribution in [0, 0.1) is 0 Å². The summed E-state index contributed by atoms with van der Waals surface area (Å²) >= 11 is 5.92. The first-order valence-electron chi connectivity index (χ1n) is 8.20. The zero-order valence-corrected chi connectivity index (χ0v) is 15.4. The van der Waals surface area contributed by atoms with Crippen molar-refractivity contribution in [2.75, 3.05) is 13.1 Å². The number of rotatable bonds is 5. The van der Waals surface area contributed by atoms with Crippen molar-refractivity contribution in [2.24, 2.45) is 0 Å². The van der Waals surface area contributed by atoms with E-state index in [1.54, 1.807) is 24.3 Å². The van der Waals surface area contributed by atoms with Crippen LogP contribution in [0.25, 0.3) is 0 Å². The van der Waals surface area contributed by atoms with Crippen molar-refractivity contribution in [1.82, 2.24) is 10.6 Å². The third kappa shape index (κ3) is 5.63. The molecule has 2 N–H and O–H groups in total. The predicted molar refractivity (Wildman–Crippen MR) is 103 cm³/mol. The highest BCUT2D eigenvalue weighted by atomic mass is 35.5. The van der Waals surface area contributed by atoms with Crippen molar-refractivity contribution in [3.8, 4) is 5.75 Å². The second-order valence-corrected chi connectivity index (χ2v) is 6.33. The molecular weight excluding hydrogens is 359 g/mol. The number of nitrogens with one attached hydrogen (secondary N) is 2. The Balaban J connectivity index is 0.00000225. The Morgan fingerprint density at radius 3 is 2.36 bits per heavy atom. The van der Waals surface area contributed by atoms with E-state index in [1.807, 2.05) is 30.3 Å². The summed E-state index contributed by atoms with van der Waals surface area (Å²) in [6.45, 7) is 1.86. The molecule has 1 heterocycles. The minimum Gasteiger partial charge on any atom is -0.476 e. The smallest absolute Gasteiger partial charge is 0.266 e. The number of hydrogen-bond donors (Lipinski definition) is 2. The van der Waals surface area contributed by atoms with Gasteiger partial charge in [-0.2, -0.15) is 0 Å². The minimum atomic E-state index is -0.678. The minimum absolute atomic E-state index is 0. The summed E-state index contributed by atoms with van der Waals surface area (Å²) in [5.41, 5.74) is 0.832. The molecule has 6 heteroatoms. The van der Waals surface area contributed by atoms with Crippen molar-refractivity contribution >= 4 is 29.9 Å². The molecule has 2 aromatic rings. The van der Waals surface area contributed by atoms with Crippen molar-refractivity contribution in [2.45, 2.75) is 25.0 Å². The van der Waals surface area contributed by atoms with Gasteiger partial charge in [0, 0.05) is 16.6 Å². The monoisotopic (exact) mass is 380 g/mol. The number of hydrogen-bond acceptors (Lipinski definition) is 3. The van der Waals surface area contributed by atoms with E-state index in [0.717, 1.165) is 31.5 Å². The highest BCUT2D eigenvalue weighted by Gasteiger charge is 2.25. The van der Waals surface area contributed by atoms with Crippen LogP contribution in [0.5, 0.6) is 5.75 Å². The van der Waals surface area contributed by atoms with Gasteiger partial charge in [0.15, 0.2) is 0 Å². The van der Waals surface area contributed by atoms with Gasteiger partial charge in [-0.3, -0.25) is 4.79 Å². The van der Waals surface area contributed by atoms with Crippen molar-refractivity contribution in [3.63, 3.8) is 0 Å². The van der Waals surface area contributed by atoms with Gasteiger partial charge in [-0.05, 0) is 50.2 Å². The van der Waals surface area contributed by atoms with Crippen LogP contribution in [0.3, 0.4) is 0 Å². The van der Waals surface area contributed by atoms with Crippen molar-refractivity contribution in [3.05, 3.63) is 65.2 Å². The van der Waals surface area contributed by atoms with Crippen LogP contribution in [0.15, 0.2) is 54.6 Å². The number of carbonyl (C=O) groups excluding carboxylic acids is 1. The SMILES string of the molecule is Cl.O=C(NC1CCNCC1)C(Oc1ccc(Cl)cc1)c1ccccc1. The van der Waals surface area contributed by atoms with Gasteiger partial charge in [-0.15, -0.1) is 12.4 Å². The first-order valence-corrected chi connectivity index (χ1v) is 8.58. The van der Waals surface area contributed by atoms with E-state index in [4.69, 9.17) is 16.3 Å². The van der Waals surface area contributed by atoms with Gasteiger partial charge in [0.2, 0.25) is 6.10 Å². The van der Waals surface area contributed by atoms with Gasteiger partial charge < -0.3 is 15.4 Å². The van der Waals surface area contributed by atoms with E-state index >= 15 is 0 Å². The van der Waals surface area contributed by atoms with Gasteiger partial charge >= 0.3 is 0 Å². The average molecular weight is 381 g/mol. The standard InChI is InChI=1S/C19H21ClN2O2.ClH/c20-15-6-8-17(9-7-15)24-18(14-4-2-1-3-5-14)19(23)22-16-10-12-21-13-11-16;/h1-9,16,18,21H,10-13H2,(H,22,23);1H. The molecule has 2 aromatic carbocycles. The number of piperidine rings is 1. The third-order valence-electron chi connectivity index (χ3n) is 4.09. The first kappa shape index (κ1) is 19.6. The molecule has 1 aliphatic heterocycles. The molecule has 1 aliphatic rings. The second-order valence-electron chi connectivity index (χ2n) is 5.90. The number of benzene rings is 2. The first-order chi connectivity index (χ1) is 11.7. The Morgan fingerprint density at radius 1 is 1.08 bits per heavy atom. The molecule has 1 atom stereocenters. The molecule has 25 heavy (non-hydrogen) atoms. The van der Waals surface area contributed by atoms with E-state index < -0.39 is 6.10 Å². The summed E-state index contributed by atoms with van der Waals surface area (Å²) in [5, 5.41) is 7.05. The molecule has 0 aromatic heterocycles. The Labute approximate surface area is 159 Å². The summed E-state index contributed by atoms with van der Waals surface area (Å²) in [6.07, 6.45) is 1.20. The fraction of sp³-hybridized carbons (Fsp3) is 0.316. The number of amides is 1. The van der Waals surface area contributed by atoms with Crippen LogP contribution in [0.4, 0.5) is 0 Å². The normalized spacial score (nSPS) is 15.7. The largest absolute Gasteiger partial charge is 0.476 e. The fourth-order valence-corrected chi connectivity index (χ4v) is 2.92. The number of ether oxygens (including phenoxy) is 1. The van der Waals surface area contributed by atoms with E-state index in [1.165, 1.54) is 0 Å². The molecule has 1 amide bonds. The summed E-state index contributed by atoms with van der Waals surface area (Å²) in [6, 6.07) is 16.8. The molecule has 4 nitrogen and oxygen atoms in total. The average Bonchev–Trinajstić information content (AvgIpc) is 2.63. The lowest BCUT2D eigenvalue weighted by atomic mass is 10.0. The lowest BCUT2D eigenvalue weighted by molar-refractivity contribution is -0.129. The topological polar surface area (TPSA) is 50.4 Å². The van der Waals surface area contributed by atoms with Gasteiger partial charge in [0.25, 0.3) is 5.91 Å². The number of halogens is 2. The summed E-state index contributed by atoms with van der Waals surface area (Å²) in [4.78, 5) is 12.8. The van der Waals surface area contributed by atoms with Crippen LogP contribution in [0.1, 0.15) is 24.5 Å². The molecule has 1 unspecified atom stereocenters. The Bertz CT molecular complexity index is 659. The Morgan fingerprint density at radius 2 is 1.72 bits per heavy atom. The van der Waals surface area contributed by atoms with Crippen LogP contribution in [-0.2, 0) is 4.79 Å². The molecular formula is C19H22Cl2N2O2. The number of carbonyl (C=O) groups is 1. The van der Waals surface area contributed by atoms with Crippen LogP contribution >= 0.6 is 24.0 Å². The third-order valence-corrected chi connectivity index (χ3v) is 4.35. The van der Waals surface area contributed by atoms with Crippen LogP contribution < -0.4 is 15.4 Å². The molecule has 134 valence electrons. The van der Waals surface area contributed by atoms with Crippen LogP contribution in [0.2, 0.25) is 5.02 Å². The van der Waals surface area contributed by atoms with Gasteiger partial charge in [-0.1, -0.05) is 41.9 Å².